The number of para-hydroxylation sites is 1. The Labute approximate surface area is 161 Å². The van der Waals surface area contributed by atoms with Crippen molar-refractivity contribution in [2.75, 3.05) is 11.4 Å². The minimum atomic E-state index is -1.81. The normalized spacial score (nSPS) is 18.6. The SMILES string of the molecule is O=C(C[C@]1(O)C(=O)N(CCc2ccccc2)c2ccccc21)c1cccs1. The first-order chi connectivity index (χ1) is 13.1. The Hall–Kier alpha value is -2.76. The van der Waals surface area contributed by atoms with Crippen LogP contribution in [-0.2, 0) is 16.8 Å². The van der Waals surface area contributed by atoms with E-state index in [1.54, 1.807) is 29.2 Å². The molecule has 0 aliphatic carbocycles. The molecule has 1 atom stereocenters. The molecule has 4 nitrogen and oxygen atoms in total. The van der Waals surface area contributed by atoms with E-state index in [1.807, 2.05) is 47.8 Å². The number of Topliss-reactive ketones (excluding diaryl/α,β-unsaturated/α-hetero) is 1. The monoisotopic (exact) mass is 377 g/mol. The van der Waals surface area contributed by atoms with Gasteiger partial charge >= 0.3 is 0 Å². The second-order valence-corrected chi connectivity index (χ2v) is 7.59. The van der Waals surface area contributed by atoms with Gasteiger partial charge in [-0.3, -0.25) is 9.59 Å². The Morgan fingerprint density at radius 2 is 1.74 bits per heavy atom. The van der Waals surface area contributed by atoms with Crippen molar-refractivity contribution in [2.45, 2.75) is 18.4 Å². The van der Waals surface area contributed by atoms with Gasteiger partial charge in [0.25, 0.3) is 5.91 Å². The molecule has 1 N–H and O–H groups in total. The highest BCUT2D eigenvalue weighted by atomic mass is 32.1. The number of amides is 1. The van der Waals surface area contributed by atoms with E-state index in [0.29, 0.717) is 29.1 Å². The third-order valence-electron chi connectivity index (χ3n) is 4.92. The Balaban J connectivity index is 1.62. The molecule has 1 aliphatic heterocycles. The smallest absolute Gasteiger partial charge is 0.264 e. The summed E-state index contributed by atoms with van der Waals surface area (Å²) in [4.78, 5) is 27.9. The van der Waals surface area contributed by atoms with E-state index in [-0.39, 0.29) is 12.2 Å². The number of carbonyl (C=O) groups excluding carboxylic acids is 2. The van der Waals surface area contributed by atoms with E-state index in [4.69, 9.17) is 0 Å². The maximum atomic E-state index is 13.1. The van der Waals surface area contributed by atoms with Gasteiger partial charge in [0.2, 0.25) is 0 Å². The van der Waals surface area contributed by atoms with Gasteiger partial charge in [-0.1, -0.05) is 54.6 Å². The fraction of sp³-hybridized carbons (Fsp3) is 0.182. The van der Waals surface area contributed by atoms with Gasteiger partial charge in [-0.15, -0.1) is 11.3 Å². The number of benzene rings is 2. The highest BCUT2D eigenvalue weighted by Crippen LogP contribution is 2.43. The number of hydrogen-bond donors (Lipinski definition) is 1. The van der Waals surface area contributed by atoms with E-state index < -0.39 is 11.5 Å². The molecule has 1 amide bonds. The molecular formula is C22H19NO3S. The van der Waals surface area contributed by atoms with E-state index >= 15 is 0 Å². The number of anilines is 1. The number of carbonyl (C=O) groups is 2. The molecule has 0 saturated heterocycles. The van der Waals surface area contributed by atoms with Gasteiger partial charge in [0, 0.05) is 12.1 Å². The Kier molecular flexibility index (Phi) is 4.64. The average Bonchev–Trinajstić information content (AvgIpc) is 3.29. The van der Waals surface area contributed by atoms with E-state index in [0.717, 1.165) is 5.56 Å². The Morgan fingerprint density at radius 1 is 1.00 bits per heavy atom. The number of hydrogen-bond acceptors (Lipinski definition) is 4. The summed E-state index contributed by atoms with van der Waals surface area (Å²) in [6, 6.07) is 20.6. The summed E-state index contributed by atoms with van der Waals surface area (Å²) < 4.78 is 0. The predicted molar refractivity (Wildman–Crippen MR) is 106 cm³/mol. The minimum absolute atomic E-state index is 0.222. The number of thiophene rings is 1. The zero-order chi connectivity index (χ0) is 18.9. The maximum absolute atomic E-state index is 13.1. The molecule has 0 unspecified atom stereocenters. The van der Waals surface area contributed by atoms with Crippen molar-refractivity contribution in [2.24, 2.45) is 0 Å². The fourth-order valence-electron chi connectivity index (χ4n) is 3.54. The van der Waals surface area contributed by atoms with Crippen LogP contribution in [0.4, 0.5) is 5.69 Å². The van der Waals surface area contributed by atoms with Crippen LogP contribution in [-0.4, -0.2) is 23.3 Å². The van der Waals surface area contributed by atoms with Crippen molar-refractivity contribution in [1.82, 2.24) is 0 Å². The van der Waals surface area contributed by atoms with Crippen LogP contribution in [0.2, 0.25) is 0 Å². The molecular weight excluding hydrogens is 358 g/mol. The number of nitrogens with zero attached hydrogens (tertiary/aromatic N) is 1. The largest absolute Gasteiger partial charge is 0.375 e. The second-order valence-electron chi connectivity index (χ2n) is 6.65. The van der Waals surface area contributed by atoms with Gasteiger partial charge in [-0.2, -0.15) is 0 Å². The third-order valence-corrected chi connectivity index (χ3v) is 5.83. The van der Waals surface area contributed by atoms with Crippen LogP contribution in [0.1, 0.15) is 27.2 Å². The topological polar surface area (TPSA) is 57.6 Å². The van der Waals surface area contributed by atoms with Crippen molar-refractivity contribution in [1.29, 1.82) is 0 Å². The molecule has 2 heterocycles. The van der Waals surface area contributed by atoms with Crippen molar-refractivity contribution in [3.63, 3.8) is 0 Å². The van der Waals surface area contributed by atoms with Crippen molar-refractivity contribution in [3.05, 3.63) is 88.1 Å². The minimum Gasteiger partial charge on any atom is -0.375 e. The molecule has 2 aromatic carbocycles. The van der Waals surface area contributed by atoms with E-state index in [1.165, 1.54) is 11.3 Å². The second kappa shape index (κ2) is 7.10. The van der Waals surface area contributed by atoms with Crippen molar-refractivity contribution in [3.8, 4) is 0 Å². The lowest BCUT2D eigenvalue weighted by molar-refractivity contribution is -0.135. The number of rotatable bonds is 6. The molecule has 0 saturated carbocycles. The first-order valence-corrected chi connectivity index (χ1v) is 9.72. The summed E-state index contributed by atoms with van der Waals surface area (Å²) in [5.74, 6) is -0.648. The number of ketones is 1. The standard InChI is InChI=1S/C22H19NO3S/c24-19(20-11-6-14-27-20)15-22(26)17-9-4-5-10-18(17)23(21(22)25)13-12-16-7-2-1-3-8-16/h1-11,14,26H,12-13,15H2/t22-/m1/s1. The highest BCUT2D eigenvalue weighted by Gasteiger charge is 2.50. The Bertz CT molecular complexity index is 968. The zero-order valence-electron chi connectivity index (χ0n) is 14.7. The molecule has 0 fully saturated rings. The van der Waals surface area contributed by atoms with Crippen LogP contribution < -0.4 is 4.90 Å². The molecule has 27 heavy (non-hydrogen) atoms. The lowest BCUT2D eigenvalue weighted by Crippen LogP contribution is -2.42. The van der Waals surface area contributed by atoms with Gasteiger partial charge in [0.05, 0.1) is 17.0 Å². The van der Waals surface area contributed by atoms with Gasteiger partial charge in [-0.05, 0) is 29.5 Å². The van der Waals surface area contributed by atoms with Crippen molar-refractivity contribution >= 4 is 28.7 Å². The van der Waals surface area contributed by atoms with Crippen LogP contribution in [0.3, 0.4) is 0 Å². The third kappa shape index (κ3) is 3.20. The van der Waals surface area contributed by atoms with Gasteiger partial charge in [-0.25, -0.2) is 0 Å². The van der Waals surface area contributed by atoms with Gasteiger partial charge < -0.3 is 10.0 Å². The molecule has 3 aromatic rings. The van der Waals surface area contributed by atoms with Crippen LogP contribution in [0.25, 0.3) is 0 Å². The average molecular weight is 377 g/mol. The molecule has 136 valence electrons. The summed E-state index contributed by atoms with van der Waals surface area (Å²) in [7, 11) is 0. The van der Waals surface area contributed by atoms with Crippen LogP contribution in [0, 0.1) is 0 Å². The van der Waals surface area contributed by atoms with Gasteiger partial charge in [0.1, 0.15) is 0 Å². The molecule has 0 bridgehead atoms. The molecule has 1 aromatic heterocycles. The lowest BCUT2D eigenvalue weighted by Gasteiger charge is -2.22. The quantitative estimate of drug-likeness (QED) is 0.665. The lowest BCUT2D eigenvalue weighted by atomic mass is 9.89. The van der Waals surface area contributed by atoms with E-state index in [2.05, 4.69) is 0 Å². The molecule has 4 rings (SSSR count). The summed E-state index contributed by atoms with van der Waals surface area (Å²) in [6.45, 7) is 0.454. The summed E-state index contributed by atoms with van der Waals surface area (Å²) >= 11 is 1.32. The molecule has 5 heteroatoms. The zero-order valence-corrected chi connectivity index (χ0v) is 15.5. The van der Waals surface area contributed by atoms with Gasteiger partial charge in [0.15, 0.2) is 11.4 Å². The highest BCUT2D eigenvalue weighted by molar-refractivity contribution is 7.12. The maximum Gasteiger partial charge on any atom is 0.264 e. The van der Waals surface area contributed by atoms with Crippen LogP contribution in [0.5, 0.6) is 0 Å². The van der Waals surface area contributed by atoms with Crippen LogP contribution in [0.15, 0.2) is 72.1 Å². The van der Waals surface area contributed by atoms with E-state index in [9.17, 15) is 14.7 Å². The van der Waals surface area contributed by atoms with Crippen LogP contribution >= 0.6 is 11.3 Å². The molecule has 0 spiro atoms. The first kappa shape index (κ1) is 17.6. The summed E-state index contributed by atoms with van der Waals surface area (Å²) in [5.41, 5.74) is 0.495. The molecule has 1 aliphatic rings. The number of fused-ring (bicyclic) bond motifs is 1. The molecule has 0 radical (unpaired) electrons. The number of aliphatic hydroxyl groups is 1. The fourth-order valence-corrected chi connectivity index (χ4v) is 4.21. The Morgan fingerprint density at radius 3 is 2.48 bits per heavy atom. The summed E-state index contributed by atoms with van der Waals surface area (Å²) in [6.07, 6.45) is 0.432. The summed E-state index contributed by atoms with van der Waals surface area (Å²) in [5, 5.41) is 13.1. The van der Waals surface area contributed by atoms with Crippen molar-refractivity contribution < 1.29 is 14.7 Å². The predicted octanol–water partition coefficient (Wildman–Crippen LogP) is 3.80. The first-order valence-electron chi connectivity index (χ1n) is 8.84.